The number of thioether (sulfide) groups is 1. The molecule has 2 aromatic rings. The maximum Gasteiger partial charge on any atom is 0.191 e. The fraction of sp³-hybridized carbons (Fsp3) is 0.231. The van der Waals surface area contributed by atoms with Crippen molar-refractivity contribution in [3.63, 3.8) is 0 Å². The summed E-state index contributed by atoms with van der Waals surface area (Å²) in [7, 11) is 0. The number of nitrogens with one attached hydrogen (secondary N) is 1. The van der Waals surface area contributed by atoms with Crippen LogP contribution in [0.1, 0.15) is 11.1 Å². The van der Waals surface area contributed by atoms with Crippen molar-refractivity contribution >= 4 is 45.0 Å². The first-order chi connectivity index (χ1) is 8.99. The molecule has 0 saturated heterocycles. The summed E-state index contributed by atoms with van der Waals surface area (Å²) in [4.78, 5) is 8.50. The second kappa shape index (κ2) is 5.79. The number of nitrogens with zero attached hydrogens (tertiary/aromatic N) is 2. The fourth-order valence-corrected chi connectivity index (χ4v) is 2.38. The van der Waals surface area contributed by atoms with E-state index in [1.54, 1.807) is 6.07 Å². The Bertz CT molecular complexity index is 593. The molecule has 4 nitrogen and oxygen atoms in total. The molecule has 1 heterocycles. The van der Waals surface area contributed by atoms with Gasteiger partial charge in [-0.05, 0) is 43.4 Å². The van der Waals surface area contributed by atoms with Gasteiger partial charge in [0.1, 0.15) is 11.6 Å². The summed E-state index contributed by atoms with van der Waals surface area (Å²) in [6, 6.07) is 5.86. The SMILES string of the molecule is CSc1nc(N)cc(Nc2cc(C)c(Br)c(C)c2)n1. The van der Waals surface area contributed by atoms with E-state index in [1.165, 1.54) is 22.9 Å². The van der Waals surface area contributed by atoms with Crippen LogP contribution in [0.5, 0.6) is 0 Å². The number of hydrogen-bond donors (Lipinski definition) is 2. The van der Waals surface area contributed by atoms with Gasteiger partial charge in [0.2, 0.25) is 0 Å². The molecule has 0 unspecified atom stereocenters. The summed E-state index contributed by atoms with van der Waals surface area (Å²) < 4.78 is 1.13. The number of rotatable bonds is 3. The zero-order chi connectivity index (χ0) is 14.0. The quantitative estimate of drug-likeness (QED) is 0.656. The topological polar surface area (TPSA) is 63.8 Å². The highest BCUT2D eigenvalue weighted by molar-refractivity contribution is 9.10. The van der Waals surface area contributed by atoms with E-state index in [4.69, 9.17) is 5.73 Å². The van der Waals surface area contributed by atoms with E-state index in [9.17, 15) is 0 Å². The number of benzene rings is 1. The highest BCUT2D eigenvalue weighted by atomic mass is 79.9. The first kappa shape index (κ1) is 14.1. The van der Waals surface area contributed by atoms with Crippen LogP contribution >= 0.6 is 27.7 Å². The number of aromatic nitrogens is 2. The van der Waals surface area contributed by atoms with E-state index >= 15 is 0 Å². The number of nitrogens with two attached hydrogens (primary N) is 1. The minimum absolute atomic E-state index is 0.465. The molecule has 0 atom stereocenters. The summed E-state index contributed by atoms with van der Waals surface area (Å²) in [5.74, 6) is 1.17. The monoisotopic (exact) mass is 338 g/mol. The Balaban J connectivity index is 2.33. The Kier molecular flexibility index (Phi) is 4.31. The van der Waals surface area contributed by atoms with Crippen LogP contribution in [0.25, 0.3) is 0 Å². The third kappa shape index (κ3) is 3.39. The normalized spacial score (nSPS) is 10.5. The molecule has 0 bridgehead atoms. The Hall–Kier alpha value is -1.27. The molecule has 1 aromatic heterocycles. The summed E-state index contributed by atoms with van der Waals surface area (Å²) in [5.41, 5.74) is 9.10. The van der Waals surface area contributed by atoms with Crippen molar-refractivity contribution in [2.24, 2.45) is 0 Å². The highest BCUT2D eigenvalue weighted by Gasteiger charge is 2.05. The molecule has 0 fully saturated rings. The van der Waals surface area contributed by atoms with Gasteiger partial charge in [-0.2, -0.15) is 0 Å². The third-order valence-electron chi connectivity index (χ3n) is 2.62. The molecule has 0 spiro atoms. The van der Waals surface area contributed by atoms with Gasteiger partial charge in [0.25, 0.3) is 0 Å². The number of halogens is 1. The second-order valence-corrected chi connectivity index (χ2v) is 5.78. The Morgan fingerprint density at radius 2 is 1.79 bits per heavy atom. The standard InChI is InChI=1S/C13H15BrN4S/c1-7-4-9(5-8(2)12(7)14)16-11-6-10(15)17-13(18-11)19-3/h4-6H,1-3H3,(H3,15,16,17,18). The molecule has 1 aromatic carbocycles. The average molecular weight is 339 g/mol. The van der Waals surface area contributed by atoms with Crippen molar-refractivity contribution in [1.82, 2.24) is 9.97 Å². The van der Waals surface area contributed by atoms with Crippen LogP contribution in [0, 0.1) is 13.8 Å². The Labute approximate surface area is 125 Å². The predicted molar refractivity (Wildman–Crippen MR) is 85.1 cm³/mol. The maximum atomic E-state index is 5.76. The van der Waals surface area contributed by atoms with Gasteiger partial charge < -0.3 is 11.1 Å². The lowest BCUT2D eigenvalue weighted by molar-refractivity contribution is 0.984. The minimum Gasteiger partial charge on any atom is -0.383 e. The molecule has 0 radical (unpaired) electrons. The van der Waals surface area contributed by atoms with Crippen molar-refractivity contribution in [3.8, 4) is 0 Å². The van der Waals surface area contributed by atoms with E-state index < -0.39 is 0 Å². The molecule has 0 amide bonds. The van der Waals surface area contributed by atoms with Crippen LogP contribution in [0.2, 0.25) is 0 Å². The van der Waals surface area contributed by atoms with Gasteiger partial charge in [-0.15, -0.1) is 0 Å². The lowest BCUT2D eigenvalue weighted by atomic mass is 10.1. The molecule has 3 N–H and O–H groups in total. The average Bonchev–Trinajstić information content (AvgIpc) is 2.35. The zero-order valence-electron chi connectivity index (χ0n) is 11.0. The van der Waals surface area contributed by atoms with Crippen LogP contribution in [0.15, 0.2) is 27.8 Å². The van der Waals surface area contributed by atoms with E-state index in [-0.39, 0.29) is 0 Å². The van der Waals surface area contributed by atoms with E-state index in [0.29, 0.717) is 16.8 Å². The van der Waals surface area contributed by atoms with Crippen LogP contribution in [0.3, 0.4) is 0 Å². The Morgan fingerprint density at radius 3 is 2.37 bits per heavy atom. The highest BCUT2D eigenvalue weighted by Crippen LogP contribution is 2.27. The summed E-state index contributed by atoms with van der Waals surface area (Å²) in [6.07, 6.45) is 1.92. The van der Waals surface area contributed by atoms with Crippen LogP contribution in [-0.4, -0.2) is 16.2 Å². The van der Waals surface area contributed by atoms with Crippen LogP contribution in [-0.2, 0) is 0 Å². The van der Waals surface area contributed by atoms with Crippen molar-refractivity contribution in [3.05, 3.63) is 33.8 Å². The molecule has 0 aliphatic carbocycles. The van der Waals surface area contributed by atoms with Gasteiger partial charge in [-0.1, -0.05) is 27.7 Å². The maximum absolute atomic E-state index is 5.76. The number of hydrogen-bond acceptors (Lipinski definition) is 5. The molecule has 0 aliphatic heterocycles. The molecule has 0 aliphatic rings. The fourth-order valence-electron chi connectivity index (χ4n) is 1.76. The summed E-state index contributed by atoms with van der Waals surface area (Å²) >= 11 is 5.02. The largest absolute Gasteiger partial charge is 0.383 e. The van der Waals surface area contributed by atoms with Gasteiger partial charge in [-0.3, -0.25) is 0 Å². The van der Waals surface area contributed by atoms with Gasteiger partial charge >= 0.3 is 0 Å². The Morgan fingerprint density at radius 1 is 1.16 bits per heavy atom. The smallest absolute Gasteiger partial charge is 0.191 e. The van der Waals surface area contributed by atoms with E-state index in [2.05, 4.69) is 57.2 Å². The van der Waals surface area contributed by atoms with Crippen molar-refractivity contribution in [2.75, 3.05) is 17.3 Å². The number of anilines is 3. The molecule has 6 heteroatoms. The van der Waals surface area contributed by atoms with Crippen LogP contribution < -0.4 is 11.1 Å². The molecule has 100 valence electrons. The number of nitrogen functional groups attached to an aromatic ring is 1. The van der Waals surface area contributed by atoms with Crippen LogP contribution in [0.4, 0.5) is 17.3 Å². The summed E-state index contributed by atoms with van der Waals surface area (Å²) in [6.45, 7) is 4.12. The molecular weight excluding hydrogens is 324 g/mol. The predicted octanol–water partition coefficient (Wildman–Crippen LogP) is 3.90. The lowest BCUT2D eigenvalue weighted by Crippen LogP contribution is -2.00. The number of aryl methyl sites for hydroxylation is 2. The van der Waals surface area contributed by atoms with Crippen molar-refractivity contribution in [1.29, 1.82) is 0 Å². The van der Waals surface area contributed by atoms with E-state index in [1.807, 2.05) is 6.26 Å². The minimum atomic E-state index is 0.465. The van der Waals surface area contributed by atoms with Gasteiger partial charge in [-0.25, -0.2) is 9.97 Å². The molecular formula is C13H15BrN4S. The third-order valence-corrected chi connectivity index (χ3v) is 4.42. The first-order valence-electron chi connectivity index (χ1n) is 5.72. The zero-order valence-corrected chi connectivity index (χ0v) is 13.4. The molecule has 19 heavy (non-hydrogen) atoms. The van der Waals surface area contributed by atoms with Gasteiger partial charge in [0, 0.05) is 16.2 Å². The molecule has 2 rings (SSSR count). The van der Waals surface area contributed by atoms with Gasteiger partial charge in [0.15, 0.2) is 5.16 Å². The lowest BCUT2D eigenvalue weighted by Gasteiger charge is -2.11. The van der Waals surface area contributed by atoms with Crippen molar-refractivity contribution in [2.45, 2.75) is 19.0 Å². The summed E-state index contributed by atoms with van der Waals surface area (Å²) in [5, 5.41) is 3.92. The van der Waals surface area contributed by atoms with E-state index in [0.717, 1.165) is 10.2 Å². The first-order valence-corrected chi connectivity index (χ1v) is 7.73. The molecule has 0 saturated carbocycles. The second-order valence-electron chi connectivity index (χ2n) is 4.21. The van der Waals surface area contributed by atoms with Crippen molar-refractivity contribution < 1.29 is 0 Å². The van der Waals surface area contributed by atoms with Gasteiger partial charge in [0.05, 0.1) is 0 Å².